The number of fused-ring (bicyclic) bond motifs is 1. The molecular formula is C18H16N2O3. The SMILES string of the molecule is CC(=Cc1c[nH]c2ccc(OCc3ccccc3)cc12)[N+](=O)[O-]. The lowest BCUT2D eigenvalue weighted by atomic mass is 10.1. The summed E-state index contributed by atoms with van der Waals surface area (Å²) in [6.45, 7) is 1.96. The van der Waals surface area contributed by atoms with Crippen molar-refractivity contribution in [1.82, 2.24) is 4.98 Å². The van der Waals surface area contributed by atoms with Crippen LogP contribution in [0.15, 0.2) is 60.4 Å². The van der Waals surface area contributed by atoms with Crippen LogP contribution in [0, 0.1) is 10.1 Å². The molecule has 1 heterocycles. The van der Waals surface area contributed by atoms with Gasteiger partial charge in [-0.3, -0.25) is 10.1 Å². The zero-order chi connectivity index (χ0) is 16.2. The van der Waals surface area contributed by atoms with Crippen molar-refractivity contribution in [2.45, 2.75) is 13.5 Å². The number of nitrogens with one attached hydrogen (secondary N) is 1. The van der Waals surface area contributed by atoms with Crippen molar-refractivity contribution in [3.05, 3.63) is 81.7 Å². The zero-order valence-corrected chi connectivity index (χ0v) is 12.7. The number of aromatic nitrogens is 1. The predicted octanol–water partition coefficient (Wildman–Crippen LogP) is 4.38. The fourth-order valence-corrected chi connectivity index (χ4v) is 2.35. The molecule has 1 aromatic heterocycles. The van der Waals surface area contributed by atoms with Gasteiger partial charge in [-0.2, -0.15) is 0 Å². The number of nitrogens with zero attached hydrogens (tertiary/aromatic N) is 1. The Labute approximate surface area is 133 Å². The van der Waals surface area contributed by atoms with Crippen LogP contribution in [0.5, 0.6) is 5.75 Å². The van der Waals surface area contributed by atoms with E-state index in [-0.39, 0.29) is 5.70 Å². The van der Waals surface area contributed by atoms with Gasteiger partial charge < -0.3 is 9.72 Å². The first-order chi connectivity index (χ1) is 11.1. The van der Waals surface area contributed by atoms with Crippen LogP contribution in [-0.2, 0) is 6.61 Å². The van der Waals surface area contributed by atoms with Gasteiger partial charge in [0.15, 0.2) is 0 Å². The fraction of sp³-hybridized carbons (Fsp3) is 0.111. The monoisotopic (exact) mass is 308 g/mol. The lowest BCUT2D eigenvalue weighted by Crippen LogP contribution is -1.95. The number of nitro groups is 1. The molecule has 0 amide bonds. The number of ether oxygens (including phenoxy) is 1. The number of allylic oxidation sites excluding steroid dienone is 1. The van der Waals surface area contributed by atoms with Gasteiger partial charge in [0.05, 0.1) is 4.92 Å². The fourth-order valence-electron chi connectivity index (χ4n) is 2.35. The molecule has 116 valence electrons. The number of hydrogen-bond acceptors (Lipinski definition) is 3. The predicted molar refractivity (Wildman–Crippen MR) is 89.7 cm³/mol. The van der Waals surface area contributed by atoms with E-state index >= 15 is 0 Å². The summed E-state index contributed by atoms with van der Waals surface area (Å²) in [5.41, 5.74) is 2.88. The zero-order valence-electron chi connectivity index (χ0n) is 12.7. The topological polar surface area (TPSA) is 68.2 Å². The van der Waals surface area contributed by atoms with Crippen LogP contribution < -0.4 is 4.74 Å². The summed E-state index contributed by atoms with van der Waals surface area (Å²) in [7, 11) is 0. The van der Waals surface area contributed by atoms with Crippen LogP contribution >= 0.6 is 0 Å². The van der Waals surface area contributed by atoms with Gasteiger partial charge in [-0.15, -0.1) is 0 Å². The van der Waals surface area contributed by atoms with Crippen molar-refractivity contribution >= 4 is 17.0 Å². The highest BCUT2D eigenvalue weighted by Crippen LogP contribution is 2.26. The van der Waals surface area contributed by atoms with Crippen molar-refractivity contribution in [2.75, 3.05) is 0 Å². The van der Waals surface area contributed by atoms with E-state index in [0.717, 1.165) is 27.8 Å². The number of H-pyrrole nitrogens is 1. The summed E-state index contributed by atoms with van der Waals surface area (Å²) < 4.78 is 5.81. The summed E-state index contributed by atoms with van der Waals surface area (Å²) in [6, 6.07) is 15.6. The quantitative estimate of drug-likeness (QED) is 0.561. The number of rotatable bonds is 5. The molecule has 0 bridgehead atoms. The summed E-state index contributed by atoms with van der Waals surface area (Å²) in [5.74, 6) is 0.731. The Kier molecular flexibility index (Phi) is 4.10. The third-order valence-corrected chi connectivity index (χ3v) is 3.59. The molecule has 3 rings (SSSR count). The van der Waals surface area contributed by atoms with Crippen LogP contribution in [-0.4, -0.2) is 9.91 Å². The molecule has 0 saturated heterocycles. The van der Waals surface area contributed by atoms with E-state index in [4.69, 9.17) is 4.74 Å². The van der Waals surface area contributed by atoms with E-state index in [9.17, 15) is 10.1 Å². The van der Waals surface area contributed by atoms with Gasteiger partial charge in [-0.1, -0.05) is 30.3 Å². The third kappa shape index (κ3) is 3.40. The van der Waals surface area contributed by atoms with Gasteiger partial charge in [0.25, 0.3) is 0 Å². The van der Waals surface area contributed by atoms with Crippen molar-refractivity contribution in [1.29, 1.82) is 0 Å². The molecule has 1 N–H and O–H groups in total. The van der Waals surface area contributed by atoms with E-state index < -0.39 is 4.92 Å². The molecule has 5 heteroatoms. The largest absolute Gasteiger partial charge is 0.489 e. The smallest absolute Gasteiger partial charge is 0.243 e. The lowest BCUT2D eigenvalue weighted by Gasteiger charge is -2.06. The third-order valence-electron chi connectivity index (χ3n) is 3.59. The lowest BCUT2D eigenvalue weighted by molar-refractivity contribution is -0.422. The van der Waals surface area contributed by atoms with Crippen LogP contribution in [0.2, 0.25) is 0 Å². The number of hydrogen-bond donors (Lipinski definition) is 1. The maximum absolute atomic E-state index is 10.8. The molecule has 0 atom stereocenters. The van der Waals surface area contributed by atoms with E-state index in [1.165, 1.54) is 6.92 Å². The molecule has 0 saturated carbocycles. The highest BCUT2D eigenvalue weighted by atomic mass is 16.6. The molecule has 23 heavy (non-hydrogen) atoms. The van der Waals surface area contributed by atoms with Crippen LogP contribution in [0.25, 0.3) is 17.0 Å². The molecule has 0 spiro atoms. The molecule has 0 radical (unpaired) electrons. The minimum atomic E-state index is -0.394. The van der Waals surface area contributed by atoms with E-state index in [2.05, 4.69) is 4.98 Å². The summed E-state index contributed by atoms with van der Waals surface area (Å²) >= 11 is 0. The van der Waals surface area contributed by atoms with E-state index in [1.807, 2.05) is 48.5 Å². The number of benzene rings is 2. The molecular weight excluding hydrogens is 292 g/mol. The minimum absolute atomic E-state index is 0.0986. The molecule has 0 aliphatic rings. The average molecular weight is 308 g/mol. The number of aromatic amines is 1. The molecule has 2 aromatic carbocycles. The van der Waals surface area contributed by atoms with Gasteiger partial charge in [-0.05, 0) is 23.8 Å². The van der Waals surface area contributed by atoms with E-state index in [1.54, 1.807) is 12.3 Å². The first-order valence-corrected chi connectivity index (χ1v) is 7.24. The molecule has 0 unspecified atom stereocenters. The second kappa shape index (κ2) is 6.36. The first-order valence-electron chi connectivity index (χ1n) is 7.24. The van der Waals surface area contributed by atoms with Crippen molar-refractivity contribution in [3.63, 3.8) is 0 Å². The molecule has 0 aliphatic heterocycles. The van der Waals surface area contributed by atoms with Gasteiger partial charge >= 0.3 is 0 Å². The first kappa shape index (κ1) is 14.8. The van der Waals surface area contributed by atoms with Crippen LogP contribution in [0.3, 0.4) is 0 Å². The molecule has 5 nitrogen and oxygen atoms in total. The second-order valence-electron chi connectivity index (χ2n) is 5.27. The van der Waals surface area contributed by atoms with Gasteiger partial charge in [-0.25, -0.2) is 0 Å². The van der Waals surface area contributed by atoms with Crippen LogP contribution in [0.1, 0.15) is 18.1 Å². The second-order valence-corrected chi connectivity index (χ2v) is 5.27. The van der Waals surface area contributed by atoms with Crippen molar-refractivity contribution in [3.8, 4) is 5.75 Å². The molecule has 0 fully saturated rings. The van der Waals surface area contributed by atoms with Gasteiger partial charge in [0.2, 0.25) is 5.70 Å². The van der Waals surface area contributed by atoms with Gasteiger partial charge in [0, 0.05) is 35.7 Å². The maximum atomic E-state index is 10.8. The maximum Gasteiger partial charge on any atom is 0.243 e. The van der Waals surface area contributed by atoms with E-state index in [0.29, 0.717) is 6.61 Å². The Morgan fingerprint density at radius 1 is 1.26 bits per heavy atom. The minimum Gasteiger partial charge on any atom is -0.489 e. The highest BCUT2D eigenvalue weighted by molar-refractivity contribution is 5.90. The Morgan fingerprint density at radius 2 is 2.04 bits per heavy atom. The Balaban J connectivity index is 1.86. The van der Waals surface area contributed by atoms with Gasteiger partial charge in [0.1, 0.15) is 12.4 Å². The van der Waals surface area contributed by atoms with Crippen molar-refractivity contribution in [2.24, 2.45) is 0 Å². The summed E-state index contributed by atoms with van der Waals surface area (Å²) in [5, 5.41) is 11.7. The standard InChI is InChI=1S/C18H16N2O3/c1-13(20(21)22)9-15-11-19-18-8-7-16(10-17(15)18)23-12-14-5-3-2-4-6-14/h2-11,19H,12H2,1H3. The van der Waals surface area contributed by atoms with Crippen LogP contribution in [0.4, 0.5) is 0 Å². The molecule has 0 aliphatic carbocycles. The van der Waals surface area contributed by atoms with Crippen molar-refractivity contribution < 1.29 is 9.66 Å². The normalized spacial score (nSPS) is 11.6. The highest BCUT2D eigenvalue weighted by Gasteiger charge is 2.08. The average Bonchev–Trinajstić information content (AvgIpc) is 2.96. The summed E-state index contributed by atoms with van der Waals surface area (Å²) in [4.78, 5) is 13.5. The summed E-state index contributed by atoms with van der Waals surface area (Å²) in [6.07, 6.45) is 3.32. The Bertz CT molecular complexity index is 866. The molecule has 3 aromatic rings. The Morgan fingerprint density at radius 3 is 2.78 bits per heavy atom. The Hall–Kier alpha value is -3.08.